The fourth-order valence-electron chi connectivity index (χ4n) is 7.01. The number of hydrogen-bond donors (Lipinski definition) is 0. The normalized spacial score (nSPS) is 11.3. The van der Waals surface area contributed by atoms with Gasteiger partial charge in [0, 0.05) is 33.3 Å². The van der Waals surface area contributed by atoms with Gasteiger partial charge in [0.15, 0.2) is 0 Å². The number of para-hydroxylation sites is 4. The smallest absolute Gasteiger partial charge is 0.143 e. The molecule has 0 radical (unpaired) electrons. The molecule has 0 aliphatic heterocycles. The standard InChI is InChI=1S/C46H31NO/c1-2-17-36(18-3-1)47(37-29-27-33(28-30-37)41-23-12-24-43-42-21-7-9-26-45(42)48-46(41)43)44-25-8-6-20-40(44)35-16-10-15-34(31-35)39-22-11-14-32-13-4-5-19-38(32)39/h1-31H. The van der Waals surface area contributed by atoms with Gasteiger partial charge < -0.3 is 9.32 Å². The van der Waals surface area contributed by atoms with Crippen LogP contribution in [0.25, 0.3) is 66.1 Å². The highest BCUT2D eigenvalue weighted by atomic mass is 16.3. The Morgan fingerprint density at radius 1 is 0.354 bits per heavy atom. The zero-order chi connectivity index (χ0) is 31.9. The molecule has 0 amide bonds. The highest BCUT2D eigenvalue weighted by Crippen LogP contribution is 2.43. The van der Waals surface area contributed by atoms with Crippen molar-refractivity contribution in [2.75, 3.05) is 4.90 Å². The molecule has 9 aromatic rings. The van der Waals surface area contributed by atoms with E-state index in [9.17, 15) is 0 Å². The average Bonchev–Trinajstić information content (AvgIpc) is 3.55. The number of hydrogen-bond acceptors (Lipinski definition) is 2. The third-order valence-electron chi connectivity index (χ3n) is 9.27. The molecule has 8 aromatic carbocycles. The molecule has 1 aromatic heterocycles. The van der Waals surface area contributed by atoms with E-state index in [2.05, 4.69) is 181 Å². The van der Waals surface area contributed by atoms with Crippen LogP contribution < -0.4 is 4.90 Å². The van der Waals surface area contributed by atoms with Crippen molar-refractivity contribution in [3.63, 3.8) is 0 Å². The molecule has 0 aliphatic carbocycles. The summed E-state index contributed by atoms with van der Waals surface area (Å²) in [6.07, 6.45) is 0. The molecule has 0 spiro atoms. The van der Waals surface area contributed by atoms with E-state index in [4.69, 9.17) is 4.42 Å². The van der Waals surface area contributed by atoms with Crippen molar-refractivity contribution < 1.29 is 4.42 Å². The van der Waals surface area contributed by atoms with Crippen LogP contribution in [-0.4, -0.2) is 0 Å². The van der Waals surface area contributed by atoms with Gasteiger partial charge in [-0.15, -0.1) is 0 Å². The Balaban J connectivity index is 1.15. The van der Waals surface area contributed by atoms with E-state index >= 15 is 0 Å². The average molecular weight is 614 g/mol. The number of furan rings is 1. The first-order valence-electron chi connectivity index (χ1n) is 16.4. The van der Waals surface area contributed by atoms with Crippen LogP contribution >= 0.6 is 0 Å². The molecule has 0 N–H and O–H groups in total. The summed E-state index contributed by atoms with van der Waals surface area (Å²) in [7, 11) is 0. The first-order valence-corrected chi connectivity index (χ1v) is 16.4. The Morgan fingerprint density at radius 2 is 0.938 bits per heavy atom. The molecule has 0 fully saturated rings. The van der Waals surface area contributed by atoms with Gasteiger partial charge in [0.1, 0.15) is 11.2 Å². The van der Waals surface area contributed by atoms with Crippen LogP contribution in [0.4, 0.5) is 17.1 Å². The lowest BCUT2D eigenvalue weighted by Gasteiger charge is -2.28. The Hall–Kier alpha value is -6.38. The summed E-state index contributed by atoms with van der Waals surface area (Å²) < 4.78 is 6.37. The number of nitrogens with zero attached hydrogens (tertiary/aromatic N) is 1. The van der Waals surface area contributed by atoms with Crippen LogP contribution in [0.15, 0.2) is 192 Å². The van der Waals surface area contributed by atoms with Gasteiger partial charge in [-0.2, -0.15) is 0 Å². The van der Waals surface area contributed by atoms with Crippen molar-refractivity contribution in [2.24, 2.45) is 0 Å². The predicted molar refractivity (Wildman–Crippen MR) is 202 cm³/mol. The minimum absolute atomic E-state index is 0.910. The Kier molecular flexibility index (Phi) is 6.84. The number of fused-ring (bicyclic) bond motifs is 4. The fraction of sp³-hybridized carbons (Fsp3) is 0. The largest absolute Gasteiger partial charge is 0.455 e. The summed E-state index contributed by atoms with van der Waals surface area (Å²) in [5, 5.41) is 4.78. The minimum Gasteiger partial charge on any atom is -0.455 e. The van der Waals surface area contributed by atoms with Gasteiger partial charge in [-0.3, -0.25) is 0 Å². The van der Waals surface area contributed by atoms with E-state index in [-0.39, 0.29) is 0 Å². The van der Waals surface area contributed by atoms with Gasteiger partial charge in [0.05, 0.1) is 5.69 Å². The lowest BCUT2D eigenvalue weighted by atomic mass is 9.94. The van der Waals surface area contributed by atoms with Crippen LogP contribution in [-0.2, 0) is 0 Å². The summed E-state index contributed by atoms with van der Waals surface area (Å²) in [5.41, 5.74) is 12.1. The monoisotopic (exact) mass is 613 g/mol. The fourth-order valence-corrected chi connectivity index (χ4v) is 7.01. The first kappa shape index (κ1) is 27.9. The third kappa shape index (κ3) is 4.83. The number of anilines is 3. The molecule has 0 saturated carbocycles. The molecular formula is C46H31NO. The number of benzene rings is 8. The maximum absolute atomic E-state index is 6.37. The van der Waals surface area contributed by atoms with Gasteiger partial charge in [-0.1, -0.05) is 146 Å². The third-order valence-corrected chi connectivity index (χ3v) is 9.27. The lowest BCUT2D eigenvalue weighted by molar-refractivity contribution is 0.670. The highest BCUT2D eigenvalue weighted by molar-refractivity contribution is 6.09. The zero-order valence-electron chi connectivity index (χ0n) is 26.3. The summed E-state index contributed by atoms with van der Waals surface area (Å²) in [6.45, 7) is 0. The van der Waals surface area contributed by atoms with Gasteiger partial charge >= 0.3 is 0 Å². The highest BCUT2D eigenvalue weighted by Gasteiger charge is 2.18. The predicted octanol–water partition coefficient (Wildman–Crippen LogP) is 13.2. The second kappa shape index (κ2) is 11.8. The maximum atomic E-state index is 6.37. The van der Waals surface area contributed by atoms with Crippen LogP contribution in [0.5, 0.6) is 0 Å². The SMILES string of the molecule is c1ccc(N(c2ccc(-c3cccc4c3oc3ccccc34)cc2)c2ccccc2-c2cccc(-c3cccc4ccccc34)c2)cc1. The van der Waals surface area contributed by atoms with Gasteiger partial charge in [0.25, 0.3) is 0 Å². The molecular weight excluding hydrogens is 583 g/mol. The van der Waals surface area contributed by atoms with Gasteiger partial charge in [0.2, 0.25) is 0 Å². The maximum Gasteiger partial charge on any atom is 0.143 e. The summed E-state index contributed by atoms with van der Waals surface area (Å²) >= 11 is 0. The second-order valence-corrected chi connectivity index (χ2v) is 12.1. The summed E-state index contributed by atoms with van der Waals surface area (Å²) in [6, 6.07) is 66.9. The molecule has 0 bridgehead atoms. The van der Waals surface area contributed by atoms with Gasteiger partial charge in [-0.25, -0.2) is 0 Å². The zero-order valence-corrected chi connectivity index (χ0v) is 26.3. The van der Waals surface area contributed by atoms with Crippen LogP contribution in [0.1, 0.15) is 0 Å². The summed E-state index contributed by atoms with van der Waals surface area (Å²) in [4.78, 5) is 2.35. The van der Waals surface area contributed by atoms with Crippen LogP contribution in [0.2, 0.25) is 0 Å². The molecule has 1 heterocycles. The molecule has 0 saturated heterocycles. The van der Waals surface area contributed by atoms with Crippen LogP contribution in [0.3, 0.4) is 0 Å². The van der Waals surface area contributed by atoms with E-state index in [1.54, 1.807) is 0 Å². The van der Waals surface area contributed by atoms with Crippen molar-refractivity contribution in [1.82, 2.24) is 0 Å². The van der Waals surface area contributed by atoms with E-state index < -0.39 is 0 Å². The first-order chi connectivity index (χ1) is 23.8. The van der Waals surface area contributed by atoms with Crippen molar-refractivity contribution in [2.45, 2.75) is 0 Å². The summed E-state index contributed by atoms with van der Waals surface area (Å²) in [5.74, 6) is 0. The topological polar surface area (TPSA) is 16.4 Å². The molecule has 0 atom stereocenters. The van der Waals surface area contributed by atoms with E-state index in [1.165, 1.54) is 33.0 Å². The van der Waals surface area contributed by atoms with Gasteiger partial charge in [-0.05, 0) is 75.5 Å². The molecule has 0 aliphatic rings. The molecule has 226 valence electrons. The lowest BCUT2D eigenvalue weighted by Crippen LogP contribution is -2.11. The van der Waals surface area contributed by atoms with E-state index in [1.807, 2.05) is 12.1 Å². The minimum atomic E-state index is 0.910. The molecule has 48 heavy (non-hydrogen) atoms. The van der Waals surface area contributed by atoms with Crippen molar-refractivity contribution in [3.05, 3.63) is 188 Å². The Morgan fingerprint density at radius 3 is 1.81 bits per heavy atom. The molecule has 0 unspecified atom stereocenters. The Labute approximate surface area is 279 Å². The quantitative estimate of drug-likeness (QED) is 0.185. The van der Waals surface area contributed by atoms with E-state index in [0.29, 0.717) is 0 Å². The van der Waals surface area contributed by atoms with Crippen molar-refractivity contribution in [3.8, 4) is 33.4 Å². The molecule has 2 nitrogen and oxygen atoms in total. The Bertz CT molecular complexity index is 2560. The molecule has 2 heteroatoms. The van der Waals surface area contributed by atoms with E-state index in [0.717, 1.165) is 50.1 Å². The number of rotatable bonds is 6. The van der Waals surface area contributed by atoms with Crippen LogP contribution in [0, 0.1) is 0 Å². The van der Waals surface area contributed by atoms with Crippen molar-refractivity contribution >= 4 is 49.8 Å². The molecule has 9 rings (SSSR count). The van der Waals surface area contributed by atoms with Crippen molar-refractivity contribution in [1.29, 1.82) is 0 Å². The second-order valence-electron chi connectivity index (χ2n) is 12.1.